The largest absolute Gasteiger partial charge is 0.466 e. The number of hydrogen-bond acceptors (Lipinski definition) is 4. The lowest BCUT2D eigenvalue weighted by molar-refractivity contribution is -0.143. The third-order valence-electron chi connectivity index (χ3n) is 3.82. The van der Waals surface area contributed by atoms with Crippen molar-refractivity contribution in [3.05, 3.63) is 24.3 Å². The van der Waals surface area contributed by atoms with Crippen molar-refractivity contribution in [1.82, 2.24) is 0 Å². The van der Waals surface area contributed by atoms with Crippen molar-refractivity contribution in [2.24, 2.45) is 11.8 Å². The average molecular weight is 306 g/mol. The summed E-state index contributed by atoms with van der Waals surface area (Å²) in [4.78, 5) is 34.0. The van der Waals surface area contributed by atoms with E-state index >= 15 is 0 Å². The second-order valence-electron chi connectivity index (χ2n) is 5.67. The maximum Gasteiger partial charge on any atom is 0.305 e. The molecule has 22 heavy (non-hydrogen) atoms. The van der Waals surface area contributed by atoms with Crippen molar-refractivity contribution in [3.63, 3.8) is 0 Å². The van der Waals surface area contributed by atoms with E-state index < -0.39 is 0 Å². The van der Waals surface area contributed by atoms with Gasteiger partial charge in [-0.15, -0.1) is 0 Å². The molecule has 0 aromatic rings. The number of carbonyl (C=O) groups is 3. The first-order valence-electron chi connectivity index (χ1n) is 8.11. The van der Waals surface area contributed by atoms with E-state index in [4.69, 9.17) is 4.74 Å². The minimum atomic E-state index is -0.132. The summed E-state index contributed by atoms with van der Waals surface area (Å²) in [6, 6.07) is 0. The highest BCUT2D eigenvalue weighted by molar-refractivity contribution is 5.95. The van der Waals surface area contributed by atoms with Gasteiger partial charge in [-0.25, -0.2) is 0 Å². The number of ether oxygens (including phenoxy) is 1. The van der Waals surface area contributed by atoms with Gasteiger partial charge in [0.15, 0.2) is 11.6 Å². The molecule has 0 saturated heterocycles. The maximum absolute atomic E-state index is 11.8. The second-order valence-corrected chi connectivity index (χ2v) is 5.67. The Morgan fingerprint density at radius 2 is 1.95 bits per heavy atom. The molecule has 122 valence electrons. The van der Waals surface area contributed by atoms with Crippen molar-refractivity contribution < 1.29 is 19.1 Å². The summed E-state index contributed by atoms with van der Waals surface area (Å²) in [6.45, 7) is 3.75. The Hall–Kier alpha value is -1.71. The van der Waals surface area contributed by atoms with Crippen LogP contribution in [0, 0.1) is 11.8 Å². The Kier molecular flexibility index (Phi) is 8.41. The first-order chi connectivity index (χ1) is 10.5. The van der Waals surface area contributed by atoms with Crippen LogP contribution in [0.5, 0.6) is 0 Å². The maximum atomic E-state index is 11.8. The third-order valence-corrected chi connectivity index (χ3v) is 3.82. The fourth-order valence-corrected chi connectivity index (χ4v) is 2.65. The number of rotatable bonds is 10. The molecule has 0 unspecified atom stereocenters. The monoisotopic (exact) mass is 306 g/mol. The van der Waals surface area contributed by atoms with Crippen LogP contribution in [0.4, 0.5) is 0 Å². The smallest absolute Gasteiger partial charge is 0.305 e. The van der Waals surface area contributed by atoms with Crippen molar-refractivity contribution >= 4 is 17.5 Å². The number of unbranched alkanes of at least 4 members (excludes halogenated alkanes) is 3. The molecule has 0 N–H and O–H groups in total. The van der Waals surface area contributed by atoms with Gasteiger partial charge in [-0.1, -0.05) is 31.4 Å². The molecule has 0 fully saturated rings. The highest BCUT2D eigenvalue weighted by atomic mass is 16.5. The zero-order valence-corrected chi connectivity index (χ0v) is 13.5. The van der Waals surface area contributed by atoms with Gasteiger partial charge in [0.25, 0.3) is 0 Å². The van der Waals surface area contributed by atoms with Crippen LogP contribution in [0.15, 0.2) is 24.3 Å². The highest BCUT2D eigenvalue weighted by Gasteiger charge is 2.27. The standard InChI is InChI=1S/C18H26O4/c1-3-22-18(21)9-7-5-4-6-8-16-15(11-10-14(2)19)12-13-17(16)20/h10-13,15-16H,3-9H2,1-2H3/t15-,16-/m1/s1. The summed E-state index contributed by atoms with van der Waals surface area (Å²) in [5.74, 6) is 0.0545. The summed E-state index contributed by atoms with van der Waals surface area (Å²) in [6.07, 6.45) is 12.0. The Balaban J connectivity index is 2.21. The fourth-order valence-electron chi connectivity index (χ4n) is 2.65. The van der Waals surface area contributed by atoms with E-state index in [9.17, 15) is 14.4 Å². The van der Waals surface area contributed by atoms with Crippen LogP contribution in [0.2, 0.25) is 0 Å². The molecule has 4 nitrogen and oxygen atoms in total. The molecule has 0 saturated carbocycles. The van der Waals surface area contributed by atoms with Crippen LogP contribution in [0.25, 0.3) is 0 Å². The molecule has 0 aliphatic heterocycles. The molecule has 0 bridgehead atoms. The number of carbonyl (C=O) groups excluding carboxylic acids is 3. The molecular formula is C18H26O4. The molecule has 0 amide bonds. The van der Waals surface area contributed by atoms with Crippen LogP contribution >= 0.6 is 0 Å². The molecule has 4 heteroatoms. The van der Waals surface area contributed by atoms with Gasteiger partial charge in [0.2, 0.25) is 0 Å². The van der Waals surface area contributed by atoms with E-state index in [1.807, 2.05) is 19.1 Å². The zero-order chi connectivity index (χ0) is 16.4. The molecule has 0 spiro atoms. The van der Waals surface area contributed by atoms with Gasteiger partial charge in [0, 0.05) is 18.3 Å². The Labute approximate surface area is 132 Å². The molecule has 0 aromatic carbocycles. The van der Waals surface area contributed by atoms with Crippen LogP contribution in [0.1, 0.15) is 52.4 Å². The third kappa shape index (κ3) is 6.83. The van der Waals surface area contributed by atoms with Gasteiger partial charge in [0.05, 0.1) is 6.61 Å². The Morgan fingerprint density at radius 3 is 2.64 bits per heavy atom. The van der Waals surface area contributed by atoms with E-state index in [1.54, 1.807) is 12.2 Å². The molecule has 1 rings (SSSR count). The number of hydrogen-bond donors (Lipinski definition) is 0. The molecule has 0 heterocycles. The summed E-state index contributed by atoms with van der Waals surface area (Å²) < 4.78 is 4.88. The van der Waals surface area contributed by atoms with Crippen LogP contribution < -0.4 is 0 Å². The first kappa shape index (κ1) is 18.3. The molecule has 2 atom stereocenters. The zero-order valence-electron chi connectivity index (χ0n) is 13.5. The van der Waals surface area contributed by atoms with Crippen LogP contribution in [-0.2, 0) is 19.1 Å². The number of esters is 1. The van der Waals surface area contributed by atoms with Gasteiger partial charge < -0.3 is 4.74 Å². The van der Waals surface area contributed by atoms with Gasteiger partial charge in [-0.2, -0.15) is 0 Å². The van der Waals surface area contributed by atoms with Crippen molar-refractivity contribution in [2.45, 2.75) is 52.4 Å². The summed E-state index contributed by atoms with van der Waals surface area (Å²) in [5.41, 5.74) is 0. The quantitative estimate of drug-likeness (QED) is 0.352. The average Bonchev–Trinajstić information content (AvgIpc) is 2.81. The normalized spacial score (nSPS) is 20.7. The predicted molar refractivity (Wildman–Crippen MR) is 85.3 cm³/mol. The van der Waals surface area contributed by atoms with Gasteiger partial charge in [-0.05, 0) is 38.8 Å². The minimum absolute atomic E-state index is 0.00506. The fraction of sp³-hybridized carbons (Fsp3) is 0.611. The molecule has 1 aliphatic carbocycles. The van der Waals surface area contributed by atoms with E-state index in [0.29, 0.717) is 13.0 Å². The second kappa shape index (κ2) is 10.1. The molecular weight excluding hydrogens is 280 g/mol. The highest BCUT2D eigenvalue weighted by Crippen LogP contribution is 2.28. The lowest BCUT2D eigenvalue weighted by Crippen LogP contribution is -2.14. The minimum Gasteiger partial charge on any atom is -0.466 e. The Morgan fingerprint density at radius 1 is 1.23 bits per heavy atom. The number of allylic oxidation sites excluding steroid dienone is 4. The van der Waals surface area contributed by atoms with E-state index in [-0.39, 0.29) is 29.4 Å². The molecule has 1 aliphatic rings. The van der Waals surface area contributed by atoms with Gasteiger partial charge in [0.1, 0.15) is 0 Å². The first-order valence-corrected chi connectivity index (χ1v) is 8.11. The van der Waals surface area contributed by atoms with E-state index in [0.717, 1.165) is 32.1 Å². The van der Waals surface area contributed by atoms with Crippen molar-refractivity contribution in [1.29, 1.82) is 0 Å². The number of ketones is 2. The van der Waals surface area contributed by atoms with E-state index in [2.05, 4.69) is 0 Å². The van der Waals surface area contributed by atoms with Crippen molar-refractivity contribution in [3.8, 4) is 0 Å². The summed E-state index contributed by atoms with van der Waals surface area (Å²) in [7, 11) is 0. The van der Waals surface area contributed by atoms with Crippen LogP contribution in [0.3, 0.4) is 0 Å². The lowest BCUT2D eigenvalue weighted by Gasteiger charge is -2.14. The SMILES string of the molecule is CCOC(=O)CCCCCC[C@H]1C(=O)C=C[C@H]1C=CC(C)=O. The lowest BCUT2D eigenvalue weighted by atomic mass is 9.89. The van der Waals surface area contributed by atoms with E-state index in [1.165, 1.54) is 6.92 Å². The topological polar surface area (TPSA) is 60.4 Å². The predicted octanol–water partition coefficient (Wildman–Crippen LogP) is 3.41. The summed E-state index contributed by atoms with van der Waals surface area (Å²) in [5, 5.41) is 0. The summed E-state index contributed by atoms with van der Waals surface area (Å²) >= 11 is 0. The molecule has 0 aromatic heterocycles. The van der Waals surface area contributed by atoms with Crippen LogP contribution in [-0.4, -0.2) is 24.1 Å². The van der Waals surface area contributed by atoms with Crippen molar-refractivity contribution in [2.75, 3.05) is 6.61 Å². The van der Waals surface area contributed by atoms with Gasteiger partial charge >= 0.3 is 5.97 Å². The Bertz CT molecular complexity index is 448. The molecule has 0 radical (unpaired) electrons. The van der Waals surface area contributed by atoms with Gasteiger partial charge in [-0.3, -0.25) is 14.4 Å².